The van der Waals surface area contributed by atoms with Crippen molar-refractivity contribution in [2.75, 3.05) is 26.0 Å². The van der Waals surface area contributed by atoms with E-state index < -0.39 is 5.97 Å². The molecule has 0 aliphatic heterocycles. The Bertz CT molecular complexity index is 407. The number of nitrogens with zero attached hydrogens (tertiary/aromatic N) is 1. The van der Waals surface area contributed by atoms with Crippen LogP contribution in [0.25, 0.3) is 0 Å². The molecule has 0 aliphatic carbocycles. The number of carboxylic acid groups (broad SMARTS) is 1. The Morgan fingerprint density at radius 1 is 1.53 bits per heavy atom. The molecule has 17 heavy (non-hydrogen) atoms. The highest BCUT2D eigenvalue weighted by molar-refractivity contribution is 6.33. The zero-order chi connectivity index (χ0) is 13.0. The topological polar surface area (TPSA) is 52.6 Å². The number of rotatable bonds is 5. The lowest BCUT2D eigenvalue weighted by atomic mass is 10.2. The molecule has 0 aliphatic rings. The van der Waals surface area contributed by atoms with Crippen LogP contribution in [0.2, 0.25) is 5.02 Å². The van der Waals surface area contributed by atoms with Gasteiger partial charge in [0.2, 0.25) is 0 Å². The fourth-order valence-electron chi connectivity index (χ4n) is 1.62. The summed E-state index contributed by atoms with van der Waals surface area (Å²) < 4.78 is 0. The fourth-order valence-corrected chi connectivity index (χ4v) is 1.86. The Balaban J connectivity index is 2.75. The first kappa shape index (κ1) is 13.8. The van der Waals surface area contributed by atoms with E-state index >= 15 is 0 Å². The van der Waals surface area contributed by atoms with Gasteiger partial charge in [-0.15, -0.1) is 0 Å². The fraction of sp³-hybridized carbons (Fsp3) is 0.417. The van der Waals surface area contributed by atoms with Crippen LogP contribution in [0.5, 0.6) is 0 Å². The summed E-state index contributed by atoms with van der Waals surface area (Å²) in [5.41, 5.74) is 0.951. The number of anilines is 1. The van der Waals surface area contributed by atoms with Crippen LogP contribution >= 0.6 is 11.6 Å². The minimum absolute atomic E-state index is 0.195. The lowest BCUT2D eigenvalue weighted by Crippen LogP contribution is -2.29. The Kier molecular flexibility index (Phi) is 4.78. The largest absolute Gasteiger partial charge is 0.478 e. The van der Waals surface area contributed by atoms with Gasteiger partial charge in [-0.25, -0.2) is 4.79 Å². The van der Waals surface area contributed by atoms with Gasteiger partial charge in [0.1, 0.15) is 0 Å². The van der Waals surface area contributed by atoms with E-state index in [2.05, 4.69) is 10.2 Å². The van der Waals surface area contributed by atoms with E-state index in [1.807, 2.05) is 21.0 Å². The van der Waals surface area contributed by atoms with Crippen LogP contribution in [0.3, 0.4) is 0 Å². The van der Waals surface area contributed by atoms with E-state index in [0.29, 0.717) is 5.02 Å². The van der Waals surface area contributed by atoms with Gasteiger partial charge in [-0.2, -0.15) is 0 Å². The van der Waals surface area contributed by atoms with E-state index in [1.165, 1.54) is 6.07 Å². The number of benzene rings is 1. The molecular formula is C12H17ClN2O2. The number of halogens is 1. The average Bonchev–Trinajstić information content (AvgIpc) is 2.19. The highest BCUT2D eigenvalue weighted by atomic mass is 35.5. The summed E-state index contributed by atoms with van der Waals surface area (Å²) >= 11 is 6.01. The smallest absolute Gasteiger partial charge is 0.335 e. The van der Waals surface area contributed by atoms with Gasteiger partial charge >= 0.3 is 5.97 Å². The molecule has 0 aromatic heterocycles. The summed E-state index contributed by atoms with van der Waals surface area (Å²) in [7, 11) is 3.99. The van der Waals surface area contributed by atoms with Crippen molar-refractivity contribution >= 4 is 23.3 Å². The van der Waals surface area contributed by atoms with E-state index in [0.717, 1.165) is 12.2 Å². The van der Waals surface area contributed by atoms with Crippen LogP contribution in [0.15, 0.2) is 18.2 Å². The molecule has 4 nitrogen and oxygen atoms in total. The maximum atomic E-state index is 10.7. The Morgan fingerprint density at radius 3 is 2.65 bits per heavy atom. The molecule has 0 amide bonds. The lowest BCUT2D eigenvalue weighted by Gasteiger charge is -2.20. The zero-order valence-electron chi connectivity index (χ0n) is 10.2. The monoisotopic (exact) mass is 256 g/mol. The lowest BCUT2D eigenvalue weighted by molar-refractivity contribution is 0.0697. The molecule has 5 heteroatoms. The first-order chi connectivity index (χ1) is 7.90. The van der Waals surface area contributed by atoms with E-state index in [-0.39, 0.29) is 11.6 Å². The minimum atomic E-state index is -0.972. The SMILES string of the molecule is CC(CN(C)C)Nc1ccc(C(=O)O)cc1Cl. The molecule has 0 saturated heterocycles. The van der Waals surface area contributed by atoms with Gasteiger partial charge in [0.05, 0.1) is 16.3 Å². The van der Waals surface area contributed by atoms with Gasteiger partial charge < -0.3 is 15.3 Å². The molecule has 0 bridgehead atoms. The molecular weight excluding hydrogens is 240 g/mol. The van der Waals surface area contributed by atoms with Crippen molar-refractivity contribution < 1.29 is 9.90 Å². The molecule has 1 rings (SSSR count). The Morgan fingerprint density at radius 2 is 2.18 bits per heavy atom. The minimum Gasteiger partial charge on any atom is -0.478 e. The average molecular weight is 257 g/mol. The third-order valence-electron chi connectivity index (χ3n) is 2.26. The number of hydrogen-bond donors (Lipinski definition) is 2. The molecule has 94 valence electrons. The van der Waals surface area contributed by atoms with Crippen molar-refractivity contribution in [3.05, 3.63) is 28.8 Å². The molecule has 1 aromatic carbocycles. The van der Waals surface area contributed by atoms with Crippen molar-refractivity contribution in [2.45, 2.75) is 13.0 Å². The van der Waals surface area contributed by atoms with Crippen molar-refractivity contribution in [3.8, 4) is 0 Å². The molecule has 2 N–H and O–H groups in total. The van der Waals surface area contributed by atoms with Crippen molar-refractivity contribution in [1.82, 2.24) is 4.90 Å². The second-order valence-corrected chi connectivity index (χ2v) is 4.71. The highest BCUT2D eigenvalue weighted by Gasteiger charge is 2.09. The number of hydrogen-bond acceptors (Lipinski definition) is 3. The molecule has 1 unspecified atom stereocenters. The van der Waals surface area contributed by atoms with Gasteiger partial charge in [-0.3, -0.25) is 0 Å². The summed E-state index contributed by atoms with van der Waals surface area (Å²) in [5.74, 6) is -0.972. The predicted octanol–water partition coefficient (Wildman–Crippen LogP) is 2.40. The third-order valence-corrected chi connectivity index (χ3v) is 2.57. The zero-order valence-corrected chi connectivity index (χ0v) is 11.0. The molecule has 1 atom stereocenters. The highest BCUT2D eigenvalue weighted by Crippen LogP contribution is 2.23. The molecule has 1 aromatic rings. The second kappa shape index (κ2) is 5.89. The number of nitrogens with one attached hydrogen (secondary N) is 1. The Labute approximate surface area is 106 Å². The first-order valence-electron chi connectivity index (χ1n) is 5.34. The van der Waals surface area contributed by atoms with E-state index in [9.17, 15) is 4.79 Å². The molecule has 0 saturated carbocycles. The molecule has 0 fully saturated rings. The maximum Gasteiger partial charge on any atom is 0.335 e. The predicted molar refractivity (Wildman–Crippen MR) is 70.1 cm³/mol. The molecule has 0 heterocycles. The van der Waals surface area contributed by atoms with E-state index in [1.54, 1.807) is 12.1 Å². The van der Waals surface area contributed by atoms with Crippen LogP contribution in [-0.2, 0) is 0 Å². The van der Waals surface area contributed by atoms with Gasteiger partial charge in [0, 0.05) is 12.6 Å². The first-order valence-corrected chi connectivity index (χ1v) is 5.72. The van der Waals surface area contributed by atoms with Crippen LogP contribution in [0, 0.1) is 0 Å². The number of aromatic carboxylic acids is 1. The van der Waals surface area contributed by atoms with Gasteiger partial charge in [-0.05, 0) is 39.2 Å². The van der Waals surface area contributed by atoms with Crippen LogP contribution < -0.4 is 5.32 Å². The number of carbonyl (C=O) groups is 1. The van der Waals surface area contributed by atoms with Crippen LogP contribution in [0.1, 0.15) is 17.3 Å². The Hall–Kier alpha value is -1.26. The van der Waals surface area contributed by atoms with Gasteiger partial charge in [0.25, 0.3) is 0 Å². The van der Waals surface area contributed by atoms with Crippen molar-refractivity contribution in [2.24, 2.45) is 0 Å². The summed E-state index contributed by atoms with van der Waals surface area (Å²) in [6.45, 7) is 2.92. The van der Waals surface area contributed by atoms with E-state index in [4.69, 9.17) is 16.7 Å². The van der Waals surface area contributed by atoms with Crippen molar-refractivity contribution in [1.29, 1.82) is 0 Å². The van der Waals surface area contributed by atoms with Crippen LogP contribution in [-0.4, -0.2) is 42.7 Å². The van der Waals surface area contributed by atoms with Crippen LogP contribution in [0.4, 0.5) is 5.69 Å². The standard InChI is InChI=1S/C12H17ClN2O2/c1-8(7-15(2)3)14-11-5-4-9(12(16)17)6-10(11)13/h4-6,8,14H,7H2,1-3H3,(H,16,17). The number of carboxylic acids is 1. The quantitative estimate of drug-likeness (QED) is 0.850. The summed E-state index contributed by atoms with van der Waals surface area (Å²) in [5, 5.41) is 12.5. The maximum absolute atomic E-state index is 10.7. The normalized spacial score (nSPS) is 12.5. The summed E-state index contributed by atoms with van der Waals surface area (Å²) in [6, 6.07) is 4.92. The third kappa shape index (κ3) is 4.24. The summed E-state index contributed by atoms with van der Waals surface area (Å²) in [4.78, 5) is 12.8. The van der Waals surface area contributed by atoms with Crippen molar-refractivity contribution in [3.63, 3.8) is 0 Å². The van der Waals surface area contributed by atoms with Gasteiger partial charge in [0.15, 0.2) is 0 Å². The number of likely N-dealkylation sites (N-methyl/N-ethyl adjacent to an activating group) is 1. The van der Waals surface area contributed by atoms with Gasteiger partial charge in [-0.1, -0.05) is 11.6 Å². The second-order valence-electron chi connectivity index (χ2n) is 4.31. The molecule has 0 spiro atoms. The summed E-state index contributed by atoms with van der Waals surface area (Å²) in [6.07, 6.45) is 0. The molecule has 0 radical (unpaired) electrons.